The number of nitrogens with one attached hydrogen (secondary N) is 1. The van der Waals surface area contributed by atoms with Crippen LogP contribution in [0.15, 0.2) is 0 Å². The van der Waals surface area contributed by atoms with Gasteiger partial charge in [0.05, 0.1) is 0 Å². The molecule has 1 aliphatic carbocycles. The first-order valence-corrected chi connectivity index (χ1v) is 8.11. The Balaban J connectivity index is 1.87. The van der Waals surface area contributed by atoms with Gasteiger partial charge in [0.25, 0.3) is 0 Å². The highest BCUT2D eigenvalue weighted by Gasteiger charge is 2.32. The van der Waals surface area contributed by atoms with Gasteiger partial charge in [-0.2, -0.15) is 0 Å². The van der Waals surface area contributed by atoms with Gasteiger partial charge >= 0.3 is 0 Å². The van der Waals surface area contributed by atoms with E-state index >= 15 is 0 Å². The fourth-order valence-corrected chi connectivity index (χ4v) is 3.27. The number of carbonyl (C=O) groups excluding carboxylic acids is 1. The van der Waals surface area contributed by atoms with Crippen LogP contribution in [0.4, 0.5) is 0 Å². The lowest BCUT2D eigenvalue weighted by Gasteiger charge is -2.38. The molecular formula is C16H30N2O. The molecule has 2 rings (SSSR count). The van der Waals surface area contributed by atoms with Gasteiger partial charge in [0, 0.05) is 25.0 Å². The van der Waals surface area contributed by atoms with Crippen molar-refractivity contribution in [2.24, 2.45) is 17.8 Å². The van der Waals surface area contributed by atoms with Crippen LogP contribution in [0, 0.1) is 17.8 Å². The molecule has 2 atom stereocenters. The molecule has 19 heavy (non-hydrogen) atoms. The van der Waals surface area contributed by atoms with Crippen LogP contribution < -0.4 is 5.32 Å². The van der Waals surface area contributed by atoms with Crippen molar-refractivity contribution in [3.05, 3.63) is 0 Å². The summed E-state index contributed by atoms with van der Waals surface area (Å²) in [7, 11) is 0. The van der Waals surface area contributed by atoms with Crippen molar-refractivity contribution in [3.63, 3.8) is 0 Å². The van der Waals surface area contributed by atoms with E-state index in [4.69, 9.17) is 0 Å². The molecule has 1 aliphatic heterocycles. The minimum atomic E-state index is 0.100. The molecule has 3 heteroatoms. The molecule has 2 unspecified atom stereocenters. The number of hydrogen-bond donors (Lipinski definition) is 1. The van der Waals surface area contributed by atoms with E-state index in [9.17, 15) is 4.79 Å². The monoisotopic (exact) mass is 266 g/mol. The van der Waals surface area contributed by atoms with Crippen molar-refractivity contribution in [3.8, 4) is 0 Å². The number of piperidine rings is 1. The van der Waals surface area contributed by atoms with E-state index in [-0.39, 0.29) is 11.8 Å². The Morgan fingerprint density at radius 3 is 2.58 bits per heavy atom. The molecule has 1 amide bonds. The molecule has 3 nitrogen and oxygen atoms in total. The molecule has 0 aromatic carbocycles. The molecule has 0 radical (unpaired) electrons. The average molecular weight is 266 g/mol. The second-order valence-corrected chi connectivity index (χ2v) is 6.90. The minimum absolute atomic E-state index is 0.100. The summed E-state index contributed by atoms with van der Waals surface area (Å²) in [6.07, 6.45) is 6.66. The van der Waals surface area contributed by atoms with E-state index in [2.05, 4.69) is 17.1 Å². The van der Waals surface area contributed by atoms with Crippen molar-refractivity contribution < 1.29 is 4.79 Å². The Morgan fingerprint density at radius 2 is 2.00 bits per heavy atom. The Labute approximate surface area is 118 Å². The van der Waals surface area contributed by atoms with Crippen LogP contribution in [-0.2, 0) is 4.79 Å². The van der Waals surface area contributed by atoms with E-state index in [1.54, 1.807) is 0 Å². The Kier molecular flexibility index (Phi) is 5.26. The molecule has 1 saturated carbocycles. The average Bonchev–Trinajstić information content (AvgIpc) is 3.12. The summed E-state index contributed by atoms with van der Waals surface area (Å²) in [4.78, 5) is 14.4. The highest BCUT2D eigenvalue weighted by molar-refractivity contribution is 5.78. The van der Waals surface area contributed by atoms with Crippen LogP contribution in [-0.4, -0.2) is 36.5 Å². The van der Waals surface area contributed by atoms with Gasteiger partial charge in [0.15, 0.2) is 0 Å². The van der Waals surface area contributed by atoms with Gasteiger partial charge in [-0.05, 0) is 37.6 Å². The lowest BCUT2D eigenvalue weighted by atomic mass is 9.89. The predicted octanol–water partition coefficient (Wildman–Crippen LogP) is 2.66. The third-order valence-corrected chi connectivity index (χ3v) is 4.39. The van der Waals surface area contributed by atoms with Crippen LogP contribution in [0.25, 0.3) is 0 Å². The first kappa shape index (κ1) is 14.8. The van der Waals surface area contributed by atoms with Gasteiger partial charge in [-0.1, -0.05) is 33.6 Å². The predicted molar refractivity (Wildman–Crippen MR) is 78.9 cm³/mol. The topological polar surface area (TPSA) is 32.3 Å². The van der Waals surface area contributed by atoms with Crippen LogP contribution in [0.2, 0.25) is 0 Å². The third-order valence-electron chi connectivity index (χ3n) is 4.39. The third kappa shape index (κ3) is 4.79. The van der Waals surface area contributed by atoms with Crippen LogP contribution in [0.3, 0.4) is 0 Å². The van der Waals surface area contributed by atoms with Gasteiger partial charge in [-0.15, -0.1) is 0 Å². The second kappa shape index (κ2) is 6.74. The van der Waals surface area contributed by atoms with E-state index in [0.717, 1.165) is 18.4 Å². The highest BCUT2D eigenvalue weighted by atomic mass is 16.1. The van der Waals surface area contributed by atoms with E-state index < -0.39 is 0 Å². The SMILES string of the molecule is CCCN1CC(CC2CC2)CC(NC(=O)C(C)C)C1. The summed E-state index contributed by atoms with van der Waals surface area (Å²) < 4.78 is 0. The Morgan fingerprint density at radius 1 is 1.26 bits per heavy atom. The molecule has 110 valence electrons. The Bertz CT molecular complexity index is 299. The van der Waals surface area contributed by atoms with Gasteiger partial charge in [0.2, 0.25) is 5.91 Å². The Hall–Kier alpha value is -0.570. The fourth-order valence-electron chi connectivity index (χ4n) is 3.27. The van der Waals surface area contributed by atoms with Gasteiger partial charge in [-0.3, -0.25) is 4.79 Å². The molecule has 1 saturated heterocycles. The number of likely N-dealkylation sites (tertiary alicyclic amines) is 1. The molecule has 0 aromatic heterocycles. The smallest absolute Gasteiger partial charge is 0.222 e. The van der Waals surface area contributed by atoms with Gasteiger partial charge in [-0.25, -0.2) is 0 Å². The van der Waals surface area contributed by atoms with Crippen molar-refractivity contribution in [2.75, 3.05) is 19.6 Å². The van der Waals surface area contributed by atoms with E-state index in [1.807, 2.05) is 13.8 Å². The highest BCUT2D eigenvalue weighted by Crippen LogP contribution is 2.37. The number of hydrogen-bond acceptors (Lipinski definition) is 2. The standard InChI is InChI=1S/C16H30N2O/c1-4-7-18-10-14(8-13-5-6-13)9-15(11-18)17-16(19)12(2)3/h12-15H,4-11H2,1-3H3,(H,17,19). The molecular weight excluding hydrogens is 236 g/mol. The van der Waals surface area contributed by atoms with Crippen LogP contribution >= 0.6 is 0 Å². The fraction of sp³-hybridized carbons (Fsp3) is 0.938. The number of nitrogens with zero attached hydrogens (tertiary/aromatic N) is 1. The molecule has 2 fully saturated rings. The minimum Gasteiger partial charge on any atom is -0.352 e. The molecule has 0 bridgehead atoms. The van der Waals surface area contributed by atoms with Crippen molar-refractivity contribution in [1.82, 2.24) is 10.2 Å². The lowest BCUT2D eigenvalue weighted by Crippen LogP contribution is -2.51. The summed E-state index contributed by atoms with van der Waals surface area (Å²) in [6.45, 7) is 9.67. The zero-order chi connectivity index (χ0) is 13.8. The number of carbonyl (C=O) groups is 1. The van der Waals surface area contributed by atoms with E-state index in [0.29, 0.717) is 6.04 Å². The largest absolute Gasteiger partial charge is 0.352 e. The molecule has 0 spiro atoms. The first-order chi connectivity index (χ1) is 9.08. The van der Waals surface area contributed by atoms with Gasteiger partial charge < -0.3 is 10.2 Å². The molecule has 1 heterocycles. The first-order valence-electron chi connectivity index (χ1n) is 8.11. The van der Waals surface area contributed by atoms with Crippen molar-refractivity contribution in [2.45, 2.75) is 58.9 Å². The molecule has 0 aromatic rings. The van der Waals surface area contributed by atoms with Crippen molar-refractivity contribution >= 4 is 5.91 Å². The quantitative estimate of drug-likeness (QED) is 0.801. The summed E-state index contributed by atoms with van der Waals surface area (Å²) in [6, 6.07) is 0.374. The molecule has 2 aliphatic rings. The zero-order valence-electron chi connectivity index (χ0n) is 12.8. The summed E-state index contributed by atoms with van der Waals surface area (Å²) in [5.74, 6) is 2.11. The van der Waals surface area contributed by atoms with Gasteiger partial charge in [0.1, 0.15) is 0 Å². The maximum Gasteiger partial charge on any atom is 0.222 e. The summed E-state index contributed by atoms with van der Waals surface area (Å²) in [5, 5.41) is 3.25. The normalized spacial score (nSPS) is 28.6. The van der Waals surface area contributed by atoms with Crippen LogP contribution in [0.1, 0.15) is 52.9 Å². The summed E-state index contributed by atoms with van der Waals surface area (Å²) in [5.41, 5.74) is 0. The van der Waals surface area contributed by atoms with E-state index in [1.165, 1.54) is 45.2 Å². The maximum absolute atomic E-state index is 11.9. The maximum atomic E-state index is 11.9. The lowest BCUT2D eigenvalue weighted by molar-refractivity contribution is -0.125. The zero-order valence-corrected chi connectivity index (χ0v) is 12.8. The number of amides is 1. The number of rotatable bonds is 6. The van der Waals surface area contributed by atoms with Crippen molar-refractivity contribution in [1.29, 1.82) is 0 Å². The second-order valence-electron chi connectivity index (χ2n) is 6.90. The summed E-state index contributed by atoms with van der Waals surface area (Å²) >= 11 is 0. The molecule has 1 N–H and O–H groups in total. The van der Waals surface area contributed by atoms with Crippen LogP contribution in [0.5, 0.6) is 0 Å².